The molecule has 0 unspecified atom stereocenters. The molecule has 2 heterocycles. The summed E-state index contributed by atoms with van der Waals surface area (Å²) in [4.78, 5) is 4.41. The Kier molecular flexibility index (Phi) is 2.94. The van der Waals surface area contributed by atoms with Gasteiger partial charge in [-0.25, -0.2) is 0 Å². The number of aliphatic hydroxyl groups is 1. The van der Waals surface area contributed by atoms with E-state index in [4.69, 9.17) is 0 Å². The molecule has 0 amide bonds. The zero-order valence-electron chi connectivity index (χ0n) is 9.64. The Labute approximate surface area is 91.3 Å². The van der Waals surface area contributed by atoms with Gasteiger partial charge in [-0.15, -0.1) is 0 Å². The Morgan fingerprint density at radius 2 is 2.00 bits per heavy atom. The highest BCUT2D eigenvalue weighted by atomic mass is 16.3. The topological polar surface area (TPSA) is 44.6 Å². The maximum Gasteiger partial charge on any atom is 0.0712 e. The number of nitrogens with one attached hydrogen (secondary N) is 1. The highest BCUT2D eigenvalue weighted by Crippen LogP contribution is 2.30. The molecule has 2 N–H and O–H groups in total. The van der Waals surface area contributed by atoms with E-state index in [1.165, 1.54) is 11.1 Å². The number of rotatable bonds is 2. The smallest absolute Gasteiger partial charge is 0.0712 e. The van der Waals surface area contributed by atoms with Crippen molar-refractivity contribution in [3.8, 4) is 0 Å². The predicted molar refractivity (Wildman–Crippen MR) is 62.3 cm³/mol. The molecule has 1 fully saturated rings. The molecule has 0 aliphatic carbocycles. The van der Waals surface area contributed by atoms with Gasteiger partial charge in [-0.3, -0.25) is 4.99 Å². The molecule has 3 nitrogen and oxygen atoms in total. The van der Waals surface area contributed by atoms with Crippen LogP contribution in [0.1, 0.15) is 33.1 Å². The summed E-state index contributed by atoms with van der Waals surface area (Å²) in [7, 11) is 0. The largest absolute Gasteiger partial charge is 0.389 e. The molecule has 0 saturated carbocycles. The minimum absolute atomic E-state index is 0.497. The van der Waals surface area contributed by atoms with Crippen LogP contribution in [0.15, 0.2) is 16.1 Å². The number of hydrogen-bond acceptors (Lipinski definition) is 3. The first kappa shape index (κ1) is 10.8. The van der Waals surface area contributed by atoms with E-state index in [1.54, 1.807) is 0 Å². The lowest BCUT2D eigenvalue weighted by atomic mass is 9.84. The monoisotopic (exact) mass is 208 g/mol. The van der Waals surface area contributed by atoms with E-state index in [9.17, 15) is 5.11 Å². The molecule has 0 aromatic rings. The molecule has 0 spiro atoms. The van der Waals surface area contributed by atoms with Crippen molar-refractivity contribution >= 4 is 5.71 Å². The van der Waals surface area contributed by atoms with E-state index in [1.807, 2.05) is 0 Å². The zero-order valence-corrected chi connectivity index (χ0v) is 9.64. The van der Waals surface area contributed by atoms with Gasteiger partial charge in [0.15, 0.2) is 0 Å². The second kappa shape index (κ2) is 4.06. The highest BCUT2D eigenvalue weighted by molar-refractivity contribution is 6.00. The SMILES string of the molecule is CC1=NCC(C)=C1CC1(O)CCNCC1. The van der Waals surface area contributed by atoms with Crippen molar-refractivity contribution in [3.63, 3.8) is 0 Å². The van der Waals surface area contributed by atoms with Crippen LogP contribution in [0, 0.1) is 0 Å². The summed E-state index contributed by atoms with van der Waals surface area (Å²) in [5.41, 5.74) is 3.25. The fraction of sp³-hybridized carbons (Fsp3) is 0.750. The van der Waals surface area contributed by atoms with Gasteiger partial charge < -0.3 is 10.4 Å². The van der Waals surface area contributed by atoms with Gasteiger partial charge in [0.25, 0.3) is 0 Å². The maximum absolute atomic E-state index is 10.4. The molecule has 1 saturated heterocycles. The van der Waals surface area contributed by atoms with Crippen LogP contribution in [0.4, 0.5) is 0 Å². The van der Waals surface area contributed by atoms with Crippen LogP contribution < -0.4 is 5.32 Å². The molecule has 84 valence electrons. The Morgan fingerprint density at radius 3 is 2.53 bits per heavy atom. The Morgan fingerprint density at radius 1 is 1.33 bits per heavy atom. The van der Waals surface area contributed by atoms with Crippen LogP contribution in [0.3, 0.4) is 0 Å². The summed E-state index contributed by atoms with van der Waals surface area (Å²) in [6, 6.07) is 0. The molecule has 2 rings (SSSR count). The molecule has 3 heteroatoms. The summed E-state index contributed by atoms with van der Waals surface area (Å²) in [6.07, 6.45) is 2.50. The van der Waals surface area contributed by atoms with Gasteiger partial charge in [0.05, 0.1) is 12.1 Å². The molecule has 15 heavy (non-hydrogen) atoms. The van der Waals surface area contributed by atoms with Crippen LogP contribution in [0.2, 0.25) is 0 Å². The Balaban J connectivity index is 2.07. The summed E-state index contributed by atoms with van der Waals surface area (Å²) < 4.78 is 0. The second-order valence-electron chi connectivity index (χ2n) is 4.81. The first-order valence-electron chi connectivity index (χ1n) is 5.74. The van der Waals surface area contributed by atoms with Crippen molar-refractivity contribution in [1.82, 2.24) is 5.32 Å². The predicted octanol–water partition coefficient (Wildman–Crippen LogP) is 1.28. The van der Waals surface area contributed by atoms with E-state index in [0.717, 1.165) is 44.6 Å². The lowest BCUT2D eigenvalue weighted by Gasteiger charge is -2.33. The number of nitrogens with zero attached hydrogens (tertiary/aromatic N) is 1. The molecule has 0 aromatic carbocycles. The Hall–Kier alpha value is -0.670. The lowest BCUT2D eigenvalue weighted by Crippen LogP contribution is -2.42. The third-order valence-electron chi connectivity index (χ3n) is 3.55. The van der Waals surface area contributed by atoms with Gasteiger partial charge >= 0.3 is 0 Å². The van der Waals surface area contributed by atoms with Crippen LogP contribution in [-0.4, -0.2) is 36.1 Å². The van der Waals surface area contributed by atoms with Crippen molar-refractivity contribution in [1.29, 1.82) is 0 Å². The van der Waals surface area contributed by atoms with Gasteiger partial charge in [0.1, 0.15) is 0 Å². The van der Waals surface area contributed by atoms with Gasteiger partial charge in [-0.1, -0.05) is 0 Å². The third-order valence-corrected chi connectivity index (χ3v) is 3.55. The van der Waals surface area contributed by atoms with Crippen LogP contribution in [0.5, 0.6) is 0 Å². The van der Waals surface area contributed by atoms with E-state index < -0.39 is 5.60 Å². The Bertz CT molecular complexity index is 312. The fourth-order valence-corrected chi connectivity index (χ4v) is 2.41. The molecular weight excluding hydrogens is 188 g/mol. The molecule has 0 bridgehead atoms. The van der Waals surface area contributed by atoms with E-state index in [-0.39, 0.29) is 0 Å². The van der Waals surface area contributed by atoms with E-state index in [0.29, 0.717) is 0 Å². The maximum atomic E-state index is 10.4. The molecule has 2 aliphatic rings. The minimum Gasteiger partial charge on any atom is -0.389 e. The van der Waals surface area contributed by atoms with Gasteiger partial charge in [-0.05, 0) is 50.9 Å². The normalized spacial score (nSPS) is 25.7. The zero-order chi connectivity index (χ0) is 10.9. The third kappa shape index (κ3) is 2.29. The second-order valence-corrected chi connectivity index (χ2v) is 4.81. The average molecular weight is 208 g/mol. The van der Waals surface area contributed by atoms with Crippen molar-refractivity contribution in [2.75, 3.05) is 19.6 Å². The molecule has 2 aliphatic heterocycles. The number of hydrogen-bond donors (Lipinski definition) is 2. The first-order valence-corrected chi connectivity index (χ1v) is 5.74. The van der Waals surface area contributed by atoms with E-state index in [2.05, 4.69) is 24.2 Å². The number of aliphatic imine (C=N–C) groups is 1. The van der Waals surface area contributed by atoms with Crippen molar-refractivity contribution < 1.29 is 5.11 Å². The number of piperidine rings is 1. The summed E-state index contributed by atoms with van der Waals surface area (Å²) in [5.74, 6) is 0. The molecular formula is C12H20N2O. The van der Waals surface area contributed by atoms with Crippen LogP contribution in [0.25, 0.3) is 0 Å². The minimum atomic E-state index is -0.497. The average Bonchev–Trinajstić information content (AvgIpc) is 2.50. The van der Waals surface area contributed by atoms with E-state index >= 15 is 0 Å². The molecule has 0 radical (unpaired) electrons. The van der Waals surface area contributed by atoms with Gasteiger partial charge in [0.2, 0.25) is 0 Å². The van der Waals surface area contributed by atoms with Crippen molar-refractivity contribution in [3.05, 3.63) is 11.1 Å². The van der Waals surface area contributed by atoms with Crippen molar-refractivity contribution in [2.45, 2.75) is 38.7 Å². The molecule has 0 atom stereocenters. The first-order chi connectivity index (χ1) is 7.11. The summed E-state index contributed by atoms with van der Waals surface area (Å²) in [6.45, 7) is 6.86. The highest BCUT2D eigenvalue weighted by Gasteiger charge is 2.31. The van der Waals surface area contributed by atoms with Gasteiger partial charge in [-0.2, -0.15) is 0 Å². The fourth-order valence-electron chi connectivity index (χ4n) is 2.41. The standard InChI is InChI=1S/C12H20N2O/c1-9-8-14-10(2)11(9)7-12(15)3-5-13-6-4-12/h13,15H,3-8H2,1-2H3. The quantitative estimate of drug-likeness (QED) is 0.718. The summed E-state index contributed by atoms with van der Waals surface area (Å²) >= 11 is 0. The van der Waals surface area contributed by atoms with Crippen molar-refractivity contribution in [2.24, 2.45) is 4.99 Å². The lowest BCUT2D eigenvalue weighted by molar-refractivity contribution is 0.0119. The summed E-state index contributed by atoms with van der Waals surface area (Å²) in [5, 5.41) is 13.7. The van der Waals surface area contributed by atoms with Crippen LogP contribution >= 0.6 is 0 Å². The van der Waals surface area contributed by atoms with Crippen LogP contribution in [-0.2, 0) is 0 Å². The van der Waals surface area contributed by atoms with Gasteiger partial charge in [0, 0.05) is 12.1 Å². The molecule has 0 aromatic heterocycles.